The van der Waals surface area contributed by atoms with Crippen molar-refractivity contribution in [3.8, 4) is 0 Å². The molecular weight excluding hydrogens is 170 g/mol. The van der Waals surface area contributed by atoms with Gasteiger partial charge in [0.25, 0.3) is 6.43 Å². The molecule has 5 heteroatoms. The van der Waals surface area contributed by atoms with Crippen molar-refractivity contribution in [3.63, 3.8) is 0 Å². The van der Waals surface area contributed by atoms with Gasteiger partial charge in [0.15, 0.2) is 6.61 Å². The Morgan fingerprint density at radius 2 is 2.17 bits per heavy atom. The zero-order valence-corrected chi connectivity index (χ0v) is 6.89. The van der Waals surface area contributed by atoms with Crippen molar-refractivity contribution in [2.45, 2.75) is 19.8 Å². The molecule has 0 radical (unpaired) electrons. The Morgan fingerprint density at radius 3 is 2.67 bits per heavy atom. The highest BCUT2D eigenvalue weighted by molar-refractivity contribution is 5.69. The SMILES string of the molecule is CCOCCC(=O)OCC(F)F. The molecule has 0 heterocycles. The van der Waals surface area contributed by atoms with Crippen LogP contribution in [0.5, 0.6) is 0 Å². The molecule has 0 saturated carbocycles. The van der Waals surface area contributed by atoms with Crippen LogP contribution >= 0.6 is 0 Å². The monoisotopic (exact) mass is 182 g/mol. The van der Waals surface area contributed by atoms with Gasteiger partial charge in [-0.1, -0.05) is 0 Å². The van der Waals surface area contributed by atoms with Crippen molar-refractivity contribution in [1.29, 1.82) is 0 Å². The summed E-state index contributed by atoms with van der Waals surface area (Å²) < 4.78 is 32.0. The summed E-state index contributed by atoms with van der Waals surface area (Å²) in [5, 5.41) is 0. The molecule has 0 aliphatic heterocycles. The Bertz CT molecular complexity index is 128. The average Bonchev–Trinajstić information content (AvgIpc) is 2.01. The predicted molar refractivity (Wildman–Crippen MR) is 38.1 cm³/mol. The lowest BCUT2D eigenvalue weighted by molar-refractivity contribution is -0.148. The molecule has 12 heavy (non-hydrogen) atoms. The van der Waals surface area contributed by atoms with E-state index >= 15 is 0 Å². The molecule has 0 unspecified atom stereocenters. The molecule has 0 atom stereocenters. The average molecular weight is 182 g/mol. The number of halogens is 2. The highest BCUT2D eigenvalue weighted by Gasteiger charge is 2.07. The van der Waals surface area contributed by atoms with Gasteiger partial charge < -0.3 is 9.47 Å². The minimum atomic E-state index is -2.60. The van der Waals surface area contributed by atoms with Gasteiger partial charge in [0.05, 0.1) is 13.0 Å². The summed E-state index contributed by atoms with van der Waals surface area (Å²) in [4.78, 5) is 10.6. The van der Waals surface area contributed by atoms with Crippen molar-refractivity contribution < 1.29 is 23.0 Å². The van der Waals surface area contributed by atoms with E-state index in [0.717, 1.165) is 0 Å². The first-order valence-electron chi connectivity index (χ1n) is 3.68. The maximum atomic E-state index is 11.5. The molecule has 0 aliphatic carbocycles. The Balaban J connectivity index is 3.22. The largest absolute Gasteiger partial charge is 0.460 e. The normalized spacial score (nSPS) is 10.3. The van der Waals surface area contributed by atoms with Crippen molar-refractivity contribution in [2.24, 2.45) is 0 Å². The summed E-state index contributed by atoms with van der Waals surface area (Å²) >= 11 is 0. The van der Waals surface area contributed by atoms with Crippen LogP contribution in [0.2, 0.25) is 0 Å². The van der Waals surface area contributed by atoms with Gasteiger partial charge in [-0.2, -0.15) is 0 Å². The van der Waals surface area contributed by atoms with Crippen LogP contribution in [0.25, 0.3) is 0 Å². The Morgan fingerprint density at radius 1 is 1.50 bits per heavy atom. The molecule has 0 saturated heterocycles. The lowest BCUT2D eigenvalue weighted by Crippen LogP contribution is -2.13. The second-order valence-electron chi connectivity index (χ2n) is 2.02. The van der Waals surface area contributed by atoms with Crippen LogP contribution in [-0.4, -0.2) is 32.2 Å². The second kappa shape index (κ2) is 6.97. The summed E-state index contributed by atoms with van der Waals surface area (Å²) in [5.74, 6) is -0.649. The fourth-order valence-electron chi connectivity index (χ4n) is 0.528. The number of hydrogen-bond acceptors (Lipinski definition) is 3. The van der Waals surface area contributed by atoms with Crippen LogP contribution in [0.4, 0.5) is 8.78 Å². The molecule has 0 spiro atoms. The first kappa shape index (κ1) is 11.3. The third-order valence-electron chi connectivity index (χ3n) is 1.02. The van der Waals surface area contributed by atoms with Crippen LogP contribution in [0.3, 0.4) is 0 Å². The molecule has 0 bridgehead atoms. The molecule has 0 N–H and O–H groups in total. The van der Waals surface area contributed by atoms with E-state index < -0.39 is 19.0 Å². The number of esters is 1. The van der Waals surface area contributed by atoms with E-state index in [-0.39, 0.29) is 13.0 Å². The van der Waals surface area contributed by atoms with E-state index in [9.17, 15) is 13.6 Å². The van der Waals surface area contributed by atoms with Gasteiger partial charge in [-0.05, 0) is 6.92 Å². The van der Waals surface area contributed by atoms with Crippen molar-refractivity contribution in [1.82, 2.24) is 0 Å². The minimum Gasteiger partial charge on any atom is -0.460 e. The van der Waals surface area contributed by atoms with E-state index in [0.29, 0.717) is 6.61 Å². The third-order valence-corrected chi connectivity index (χ3v) is 1.02. The molecule has 0 aromatic carbocycles. The van der Waals surface area contributed by atoms with Gasteiger partial charge in [0.2, 0.25) is 0 Å². The number of alkyl halides is 2. The molecular formula is C7H12F2O3. The number of ether oxygens (including phenoxy) is 2. The molecule has 72 valence electrons. The maximum absolute atomic E-state index is 11.5. The molecule has 0 aromatic heterocycles. The maximum Gasteiger partial charge on any atom is 0.308 e. The standard InChI is InChI=1S/C7H12F2O3/c1-2-11-4-3-7(10)12-5-6(8)9/h6H,2-5H2,1H3. The van der Waals surface area contributed by atoms with Gasteiger partial charge >= 0.3 is 5.97 Å². The highest BCUT2D eigenvalue weighted by Crippen LogP contribution is 1.95. The molecule has 0 aromatic rings. The van der Waals surface area contributed by atoms with E-state index in [1.807, 2.05) is 0 Å². The van der Waals surface area contributed by atoms with Gasteiger partial charge in [0.1, 0.15) is 0 Å². The molecule has 0 amide bonds. The number of rotatable bonds is 6. The fourth-order valence-corrected chi connectivity index (χ4v) is 0.528. The summed E-state index contributed by atoms with van der Waals surface area (Å²) in [6.07, 6.45) is -2.57. The number of hydrogen-bond donors (Lipinski definition) is 0. The van der Waals surface area contributed by atoms with E-state index in [1.54, 1.807) is 6.92 Å². The Kier molecular flexibility index (Phi) is 6.55. The van der Waals surface area contributed by atoms with Crippen molar-refractivity contribution in [3.05, 3.63) is 0 Å². The zero-order chi connectivity index (χ0) is 9.40. The van der Waals surface area contributed by atoms with Crippen LogP contribution in [0, 0.1) is 0 Å². The lowest BCUT2D eigenvalue weighted by Gasteiger charge is -2.03. The van der Waals surface area contributed by atoms with Crippen molar-refractivity contribution >= 4 is 5.97 Å². The Hall–Kier alpha value is -0.710. The highest BCUT2D eigenvalue weighted by atomic mass is 19.3. The van der Waals surface area contributed by atoms with Gasteiger partial charge in [-0.15, -0.1) is 0 Å². The van der Waals surface area contributed by atoms with Crippen LogP contribution in [0.15, 0.2) is 0 Å². The first-order valence-corrected chi connectivity index (χ1v) is 3.68. The van der Waals surface area contributed by atoms with Crippen molar-refractivity contribution in [2.75, 3.05) is 19.8 Å². The Labute approximate surface area is 69.6 Å². The first-order chi connectivity index (χ1) is 5.66. The summed E-state index contributed by atoms with van der Waals surface area (Å²) in [5.41, 5.74) is 0. The molecule has 0 fully saturated rings. The van der Waals surface area contributed by atoms with Gasteiger partial charge in [0, 0.05) is 6.61 Å². The van der Waals surface area contributed by atoms with Gasteiger partial charge in [-0.25, -0.2) is 8.78 Å². The van der Waals surface area contributed by atoms with E-state index in [4.69, 9.17) is 4.74 Å². The zero-order valence-electron chi connectivity index (χ0n) is 6.89. The number of carbonyl (C=O) groups is 1. The predicted octanol–water partition coefficient (Wildman–Crippen LogP) is 1.22. The third kappa shape index (κ3) is 7.40. The van der Waals surface area contributed by atoms with Gasteiger partial charge in [-0.3, -0.25) is 4.79 Å². The van der Waals surface area contributed by atoms with E-state index in [1.165, 1.54) is 0 Å². The summed E-state index contributed by atoms with van der Waals surface area (Å²) in [7, 11) is 0. The smallest absolute Gasteiger partial charge is 0.308 e. The minimum absolute atomic E-state index is 0.0283. The van der Waals surface area contributed by atoms with Crippen LogP contribution in [0.1, 0.15) is 13.3 Å². The summed E-state index contributed by atoms with van der Waals surface area (Å²) in [6.45, 7) is 1.68. The fraction of sp³-hybridized carbons (Fsp3) is 0.857. The lowest BCUT2D eigenvalue weighted by atomic mass is 10.5. The summed E-state index contributed by atoms with van der Waals surface area (Å²) in [6, 6.07) is 0. The topological polar surface area (TPSA) is 35.5 Å². The van der Waals surface area contributed by atoms with Crippen LogP contribution in [-0.2, 0) is 14.3 Å². The second-order valence-corrected chi connectivity index (χ2v) is 2.02. The van der Waals surface area contributed by atoms with Crippen LogP contribution < -0.4 is 0 Å². The van der Waals surface area contributed by atoms with E-state index in [2.05, 4.69) is 4.74 Å². The molecule has 3 nitrogen and oxygen atoms in total. The molecule has 0 rings (SSSR count). The molecule has 0 aliphatic rings. The quantitative estimate of drug-likeness (QED) is 0.457. The number of carbonyl (C=O) groups excluding carboxylic acids is 1.